The number of benzene rings is 1. The van der Waals surface area contributed by atoms with Gasteiger partial charge in [-0.2, -0.15) is 0 Å². The zero-order valence-electron chi connectivity index (χ0n) is 11.6. The van der Waals surface area contributed by atoms with Gasteiger partial charge in [0.1, 0.15) is 11.6 Å². The molecule has 0 aliphatic rings. The maximum absolute atomic E-state index is 13.1. The number of aliphatic hydroxyl groups excluding tert-OH is 1. The Hall–Kier alpha value is -0.840. The van der Waals surface area contributed by atoms with Crippen LogP contribution in [0.1, 0.15) is 38.3 Å². The third-order valence-electron chi connectivity index (χ3n) is 3.01. The first-order chi connectivity index (χ1) is 8.45. The van der Waals surface area contributed by atoms with E-state index in [1.165, 1.54) is 19.2 Å². The van der Waals surface area contributed by atoms with Crippen LogP contribution in [0.2, 0.25) is 0 Å². The van der Waals surface area contributed by atoms with Crippen LogP contribution in [-0.4, -0.2) is 18.3 Å². The van der Waals surface area contributed by atoms with Crippen LogP contribution in [0.4, 0.5) is 4.39 Å². The number of aliphatic hydroxyl groups is 1. The summed E-state index contributed by atoms with van der Waals surface area (Å²) in [5.74, 6) is 0.521. The molecule has 0 fully saturated rings. The maximum Gasteiger partial charge on any atom is 0.126 e. The number of nitrogens with two attached hydrogens (primary N) is 1. The third-order valence-corrected chi connectivity index (χ3v) is 3.01. The predicted octanol–water partition coefficient (Wildman–Crippen LogP) is 3.05. The van der Waals surface area contributed by atoms with Crippen molar-refractivity contribution in [1.82, 2.24) is 0 Å². The number of halogens is 2. The van der Waals surface area contributed by atoms with E-state index in [-0.39, 0.29) is 18.2 Å². The molecule has 0 spiro atoms. The normalized spacial score (nSPS) is 13.8. The predicted molar refractivity (Wildman–Crippen MR) is 77.2 cm³/mol. The van der Waals surface area contributed by atoms with Crippen molar-refractivity contribution in [3.8, 4) is 5.75 Å². The number of hydrogen-bond acceptors (Lipinski definition) is 3. The van der Waals surface area contributed by atoms with Gasteiger partial charge in [0.25, 0.3) is 0 Å². The van der Waals surface area contributed by atoms with Crippen molar-refractivity contribution in [2.24, 2.45) is 11.7 Å². The summed E-state index contributed by atoms with van der Waals surface area (Å²) in [5, 5.41) is 10.0. The fourth-order valence-electron chi connectivity index (χ4n) is 1.85. The lowest BCUT2D eigenvalue weighted by Gasteiger charge is -2.21. The Morgan fingerprint density at radius 2 is 1.95 bits per heavy atom. The van der Waals surface area contributed by atoms with E-state index in [1.807, 2.05) is 0 Å². The third kappa shape index (κ3) is 5.35. The molecule has 0 saturated carbocycles. The zero-order chi connectivity index (χ0) is 13.7. The van der Waals surface area contributed by atoms with Crippen molar-refractivity contribution < 1.29 is 14.2 Å². The Morgan fingerprint density at radius 3 is 2.47 bits per heavy atom. The average molecular weight is 292 g/mol. The standard InChI is InChI=1S/C14H22FNO2.ClH/c1-9(2)4-7-12(17)14(16)11-6-5-10(15)8-13(11)18-3;/h5-6,8-9,12,14,17H,4,7,16H2,1-3H3;1H/t12-,14+;/m1./s1. The summed E-state index contributed by atoms with van der Waals surface area (Å²) in [6.45, 7) is 4.19. The topological polar surface area (TPSA) is 55.5 Å². The summed E-state index contributed by atoms with van der Waals surface area (Å²) in [6, 6.07) is 3.62. The second kappa shape index (κ2) is 8.35. The highest BCUT2D eigenvalue weighted by atomic mass is 35.5. The van der Waals surface area contributed by atoms with E-state index in [0.717, 1.165) is 6.42 Å². The van der Waals surface area contributed by atoms with Crippen LogP contribution >= 0.6 is 12.4 Å². The van der Waals surface area contributed by atoms with E-state index in [9.17, 15) is 9.50 Å². The molecule has 0 aliphatic carbocycles. The Bertz CT molecular complexity index is 388. The first-order valence-corrected chi connectivity index (χ1v) is 6.22. The van der Waals surface area contributed by atoms with Crippen LogP contribution in [-0.2, 0) is 0 Å². The zero-order valence-corrected chi connectivity index (χ0v) is 12.4. The van der Waals surface area contributed by atoms with Crippen LogP contribution < -0.4 is 10.5 Å². The molecule has 1 aromatic carbocycles. The van der Waals surface area contributed by atoms with E-state index in [1.54, 1.807) is 6.07 Å². The smallest absolute Gasteiger partial charge is 0.126 e. The minimum absolute atomic E-state index is 0. The van der Waals surface area contributed by atoms with Crippen molar-refractivity contribution in [3.63, 3.8) is 0 Å². The number of methoxy groups -OCH3 is 1. The molecule has 0 saturated heterocycles. The first-order valence-electron chi connectivity index (χ1n) is 6.22. The van der Waals surface area contributed by atoms with Gasteiger partial charge in [-0.1, -0.05) is 19.9 Å². The highest BCUT2D eigenvalue weighted by Crippen LogP contribution is 2.28. The summed E-state index contributed by atoms with van der Waals surface area (Å²) in [5.41, 5.74) is 6.63. The van der Waals surface area contributed by atoms with Crippen molar-refractivity contribution in [3.05, 3.63) is 29.6 Å². The van der Waals surface area contributed by atoms with Crippen LogP contribution in [0, 0.1) is 11.7 Å². The molecule has 3 nitrogen and oxygen atoms in total. The summed E-state index contributed by atoms with van der Waals surface area (Å²) in [6.07, 6.45) is 0.879. The maximum atomic E-state index is 13.1. The quantitative estimate of drug-likeness (QED) is 0.847. The monoisotopic (exact) mass is 291 g/mol. The van der Waals surface area contributed by atoms with Crippen molar-refractivity contribution in [2.75, 3.05) is 7.11 Å². The van der Waals surface area contributed by atoms with E-state index >= 15 is 0 Å². The van der Waals surface area contributed by atoms with Crippen molar-refractivity contribution in [1.29, 1.82) is 0 Å². The lowest BCUT2D eigenvalue weighted by molar-refractivity contribution is 0.127. The molecule has 0 aromatic heterocycles. The molecule has 0 amide bonds. The minimum atomic E-state index is -0.647. The molecule has 0 bridgehead atoms. The van der Waals surface area contributed by atoms with Gasteiger partial charge in [0.05, 0.1) is 19.3 Å². The van der Waals surface area contributed by atoms with E-state index in [0.29, 0.717) is 23.7 Å². The number of hydrogen-bond donors (Lipinski definition) is 2. The fraction of sp³-hybridized carbons (Fsp3) is 0.571. The Balaban J connectivity index is 0.00000324. The van der Waals surface area contributed by atoms with Gasteiger partial charge in [-0.15, -0.1) is 12.4 Å². The van der Waals surface area contributed by atoms with Crippen molar-refractivity contribution in [2.45, 2.75) is 38.8 Å². The van der Waals surface area contributed by atoms with Gasteiger partial charge in [-0.05, 0) is 24.8 Å². The average Bonchev–Trinajstić information content (AvgIpc) is 2.34. The van der Waals surface area contributed by atoms with E-state index < -0.39 is 12.1 Å². The molecular formula is C14H23ClFNO2. The Morgan fingerprint density at radius 1 is 1.32 bits per heavy atom. The molecular weight excluding hydrogens is 269 g/mol. The largest absolute Gasteiger partial charge is 0.496 e. The molecule has 0 radical (unpaired) electrons. The van der Waals surface area contributed by atoms with Crippen LogP contribution in [0.3, 0.4) is 0 Å². The summed E-state index contributed by atoms with van der Waals surface area (Å²) >= 11 is 0. The molecule has 1 aromatic rings. The molecule has 2 atom stereocenters. The molecule has 5 heteroatoms. The highest BCUT2D eigenvalue weighted by Gasteiger charge is 2.20. The highest BCUT2D eigenvalue weighted by molar-refractivity contribution is 5.85. The van der Waals surface area contributed by atoms with E-state index in [2.05, 4.69) is 13.8 Å². The summed E-state index contributed by atoms with van der Waals surface area (Å²) in [4.78, 5) is 0. The van der Waals surface area contributed by atoms with Gasteiger partial charge in [-0.3, -0.25) is 0 Å². The Kier molecular flexibility index (Phi) is 7.99. The molecule has 110 valence electrons. The lowest BCUT2D eigenvalue weighted by Crippen LogP contribution is -2.27. The summed E-state index contributed by atoms with van der Waals surface area (Å²) < 4.78 is 18.2. The van der Waals surface area contributed by atoms with Gasteiger partial charge in [0.15, 0.2) is 0 Å². The van der Waals surface area contributed by atoms with E-state index in [4.69, 9.17) is 10.5 Å². The van der Waals surface area contributed by atoms with Gasteiger partial charge < -0.3 is 15.6 Å². The SMILES string of the molecule is COc1cc(F)ccc1[C@H](N)[C@H](O)CCC(C)C.Cl. The van der Waals surface area contributed by atoms with Crippen LogP contribution in [0.25, 0.3) is 0 Å². The minimum Gasteiger partial charge on any atom is -0.496 e. The van der Waals surface area contributed by atoms with Crippen molar-refractivity contribution >= 4 is 12.4 Å². The van der Waals surface area contributed by atoms with Crippen LogP contribution in [0.5, 0.6) is 5.75 Å². The van der Waals surface area contributed by atoms with Gasteiger partial charge in [0, 0.05) is 11.6 Å². The second-order valence-electron chi connectivity index (χ2n) is 4.95. The first kappa shape index (κ1) is 18.2. The van der Waals surface area contributed by atoms with Gasteiger partial charge in [-0.25, -0.2) is 4.39 Å². The lowest BCUT2D eigenvalue weighted by atomic mass is 9.95. The Labute approximate surface area is 120 Å². The number of ether oxygens (including phenoxy) is 1. The second-order valence-corrected chi connectivity index (χ2v) is 4.95. The summed E-state index contributed by atoms with van der Waals surface area (Å²) in [7, 11) is 1.46. The molecule has 0 unspecified atom stereocenters. The molecule has 19 heavy (non-hydrogen) atoms. The molecule has 1 rings (SSSR count). The fourth-order valence-corrected chi connectivity index (χ4v) is 1.85. The van der Waals surface area contributed by atoms with Crippen LogP contribution in [0.15, 0.2) is 18.2 Å². The molecule has 0 aliphatic heterocycles. The van der Waals surface area contributed by atoms with Gasteiger partial charge >= 0.3 is 0 Å². The van der Waals surface area contributed by atoms with Gasteiger partial charge in [0.2, 0.25) is 0 Å². The molecule has 0 heterocycles. The number of rotatable bonds is 6. The molecule has 3 N–H and O–H groups in total.